The average molecular weight is 249 g/mol. The number of nitrogens with one attached hydrogen (secondary N) is 1. The Morgan fingerprint density at radius 2 is 2.06 bits per heavy atom. The van der Waals surface area contributed by atoms with Gasteiger partial charge in [0.05, 0.1) is 6.54 Å². The number of amides is 2. The van der Waals surface area contributed by atoms with Crippen LogP contribution >= 0.6 is 0 Å². The number of hydrogen-bond donors (Lipinski definition) is 2. The molecule has 0 atom stereocenters. The first-order chi connectivity index (χ1) is 8.49. The van der Waals surface area contributed by atoms with Gasteiger partial charge in [0.25, 0.3) is 5.91 Å². The summed E-state index contributed by atoms with van der Waals surface area (Å²) >= 11 is 0. The third kappa shape index (κ3) is 3.23. The van der Waals surface area contributed by atoms with Gasteiger partial charge in [0.2, 0.25) is 5.91 Å². The molecule has 5 nitrogen and oxygen atoms in total. The van der Waals surface area contributed by atoms with E-state index < -0.39 is 0 Å². The molecule has 3 N–H and O–H groups in total. The SMILES string of the molecule is CCN(CC(=O)NC)C(=O)c1cc(N)ccc1C. The van der Waals surface area contributed by atoms with E-state index in [1.165, 1.54) is 4.90 Å². The fourth-order valence-corrected chi connectivity index (χ4v) is 1.62. The first-order valence-corrected chi connectivity index (χ1v) is 5.85. The number of benzene rings is 1. The Kier molecular flexibility index (Phi) is 4.71. The highest BCUT2D eigenvalue weighted by Gasteiger charge is 2.18. The van der Waals surface area contributed by atoms with E-state index in [0.717, 1.165) is 5.56 Å². The molecule has 1 aromatic rings. The first-order valence-electron chi connectivity index (χ1n) is 5.85. The van der Waals surface area contributed by atoms with Crippen molar-refractivity contribution < 1.29 is 9.59 Å². The Balaban J connectivity index is 2.96. The molecule has 0 bridgehead atoms. The van der Waals surface area contributed by atoms with Crippen molar-refractivity contribution in [1.82, 2.24) is 10.2 Å². The summed E-state index contributed by atoms with van der Waals surface area (Å²) in [6.07, 6.45) is 0. The number of rotatable bonds is 4. The minimum Gasteiger partial charge on any atom is -0.399 e. The van der Waals surface area contributed by atoms with Gasteiger partial charge in [0.1, 0.15) is 0 Å². The number of likely N-dealkylation sites (N-methyl/N-ethyl adjacent to an activating group) is 2. The van der Waals surface area contributed by atoms with E-state index >= 15 is 0 Å². The fourth-order valence-electron chi connectivity index (χ4n) is 1.62. The highest BCUT2D eigenvalue weighted by Crippen LogP contribution is 2.15. The van der Waals surface area contributed by atoms with Crippen molar-refractivity contribution in [3.8, 4) is 0 Å². The maximum atomic E-state index is 12.3. The highest BCUT2D eigenvalue weighted by molar-refractivity contribution is 5.98. The van der Waals surface area contributed by atoms with E-state index in [9.17, 15) is 9.59 Å². The molecule has 18 heavy (non-hydrogen) atoms. The van der Waals surface area contributed by atoms with Crippen LogP contribution in [0.2, 0.25) is 0 Å². The van der Waals surface area contributed by atoms with Crippen LogP contribution in [0.15, 0.2) is 18.2 Å². The van der Waals surface area contributed by atoms with Gasteiger partial charge < -0.3 is 16.0 Å². The molecule has 0 aromatic heterocycles. The topological polar surface area (TPSA) is 75.4 Å². The second-order valence-corrected chi connectivity index (χ2v) is 4.07. The number of aryl methyl sites for hydroxylation is 1. The summed E-state index contributed by atoms with van der Waals surface area (Å²) in [6, 6.07) is 5.20. The third-order valence-corrected chi connectivity index (χ3v) is 2.77. The van der Waals surface area contributed by atoms with Crippen LogP contribution in [0.4, 0.5) is 5.69 Å². The molecule has 0 heterocycles. The van der Waals surface area contributed by atoms with Gasteiger partial charge in [0.15, 0.2) is 0 Å². The van der Waals surface area contributed by atoms with E-state index in [4.69, 9.17) is 5.73 Å². The average Bonchev–Trinajstić information content (AvgIpc) is 2.37. The number of carbonyl (C=O) groups excluding carboxylic acids is 2. The molecule has 5 heteroatoms. The van der Waals surface area contributed by atoms with Crippen LogP contribution < -0.4 is 11.1 Å². The predicted octanol–water partition coefficient (Wildman–Crippen LogP) is 0.785. The lowest BCUT2D eigenvalue weighted by molar-refractivity contribution is -0.121. The summed E-state index contributed by atoms with van der Waals surface area (Å²) in [6.45, 7) is 4.21. The molecule has 0 aliphatic heterocycles. The first kappa shape index (κ1) is 14.0. The molecule has 1 aromatic carbocycles. The molecule has 0 aliphatic carbocycles. The third-order valence-electron chi connectivity index (χ3n) is 2.77. The van der Waals surface area contributed by atoms with Crippen molar-refractivity contribution in [3.05, 3.63) is 29.3 Å². The monoisotopic (exact) mass is 249 g/mol. The Morgan fingerprint density at radius 1 is 1.39 bits per heavy atom. The summed E-state index contributed by atoms with van der Waals surface area (Å²) in [4.78, 5) is 25.1. The second kappa shape index (κ2) is 6.05. The lowest BCUT2D eigenvalue weighted by Gasteiger charge is -2.21. The van der Waals surface area contributed by atoms with Crippen LogP contribution in [0, 0.1) is 6.92 Å². The van der Waals surface area contributed by atoms with Gasteiger partial charge in [-0.15, -0.1) is 0 Å². The molecule has 0 saturated carbocycles. The van der Waals surface area contributed by atoms with Gasteiger partial charge in [-0.2, -0.15) is 0 Å². The van der Waals surface area contributed by atoms with E-state index in [2.05, 4.69) is 5.32 Å². The van der Waals surface area contributed by atoms with Crippen molar-refractivity contribution >= 4 is 17.5 Å². The lowest BCUT2D eigenvalue weighted by atomic mass is 10.1. The summed E-state index contributed by atoms with van der Waals surface area (Å²) in [5.74, 6) is -0.363. The quantitative estimate of drug-likeness (QED) is 0.774. The van der Waals surface area contributed by atoms with Gasteiger partial charge in [0, 0.05) is 24.8 Å². The number of anilines is 1. The van der Waals surface area contributed by atoms with Crippen molar-refractivity contribution in [1.29, 1.82) is 0 Å². The molecular weight excluding hydrogens is 230 g/mol. The van der Waals surface area contributed by atoms with Crippen molar-refractivity contribution in [2.24, 2.45) is 0 Å². The zero-order valence-electron chi connectivity index (χ0n) is 11.0. The highest BCUT2D eigenvalue weighted by atomic mass is 16.2. The number of nitrogens with two attached hydrogens (primary N) is 1. The van der Waals surface area contributed by atoms with Gasteiger partial charge in [-0.25, -0.2) is 0 Å². The zero-order valence-corrected chi connectivity index (χ0v) is 11.0. The standard InChI is InChI=1S/C13H19N3O2/c1-4-16(8-12(17)15-3)13(18)11-7-10(14)6-5-9(11)2/h5-7H,4,8,14H2,1-3H3,(H,15,17). The van der Waals surface area contributed by atoms with Crippen LogP contribution in [0.25, 0.3) is 0 Å². The van der Waals surface area contributed by atoms with Crippen LogP contribution in [0.5, 0.6) is 0 Å². The Labute approximate surface area is 107 Å². The number of nitrogen functional groups attached to an aromatic ring is 1. The lowest BCUT2D eigenvalue weighted by Crippen LogP contribution is -2.39. The molecule has 0 fully saturated rings. The Bertz CT molecular complexity index is 458. The van der Waals surface area contributed by atoms with Gasteiger partial charge in [-0.3, -0.25) is 9.59 Å². The molecule has 98 valence electrons. The number of hydrogen-bond acceptors (Lipinski definition) is 3. The van der Waals surface area contributed by atoms with Crippen LogP contribution in [0.1, 0.15) is 22.8 Å². The van der Waals surface area contributed by atoms with Gasteiger partial charge in [-0.1, -0.05) is 6.07 Å². The molecule has 0 aliphatic rings. The van der Waals surface area contributed by atoms with Crippen LogP contribution in [-0.2, 0) is 4.79 Å². The number of carbonyl (C=O) groups is 2. The predicted molar refractivity (Wildman–Crippen MR) is 71.2 cm³/mol. The Morgan fingerprint density at radius 3 is 2.61 bits per heavy atom. The van der Waals surface area contributed by atoms with Gasteiger partial charge in [-0.05, 0) is 31.5 Å². The van der Waals surface area contributed by atoms with Gasteiger partial charge >= 0.3 is 0 Å². The van der Waals surface area contributed by atoms with E-state index in [1.54, 1.807) is 25.2 Å². The largest absolute Gasteiger partial charge is 0.399 e. The molecule has 2 amide bonds. The summed E-state index contributed by atoms with van der Waals surface area (Å²) in [7, 11) is 1.55. The van der Waals surface area contributed by atoms with Crippen molar-refractivity contribution in [2.45, 2.75) is 13.8 Å². The maximum absolute atomic E-state index is 12.3. The molecule has 0 spiro atoms. The van der Waals surface area contributed by atoms with Crippen LogP contribution in [0.3, 0.4) is 0 Å². The number of nitrogens with zero attached hydrogens (tertiary/aromatic N) is 1. The van der Waals surface area contributed by atoms with E-state index in [1.807, 2.05) is 13.8 Å². The minimum atomic E-state index is -0.188. The summed E-state index contributed by atoms with van der Waals surface area (Å²) in [5, 5.41) is 2.50. The molecule has 0 radical (unpaired) electrons. The van der Waals surface area contributed by atoms with Crippen molar-refractivity contribution in [3.63, 3.8) is 0 Å². The maximum Gasteiger partial charge on any atom is 0.254 e. The second-order valence-electron chi connectivity index (χ2n) is 4.07. The summed E-state index contributed by atoms with van der Waals surface area (Å²) in [5.41, 5.74) is 7.62. The van der Waals surface area contributed by atoms with E-state index in [-0.39, 0.29) is 18.4 Å². The normalized spacial score (nSPS) is 9.94. The Hall–Kier alpha value is -2.04. The van der Waals surface area contributed by atoms with E-state index in [0.29, 0.717) is 17.8 Å². The minimum absolute atomic E-state index is 0.0556. The van der Waals surface area contributed by atoms with Crippen molar-refractivity contribution in [2.75, 3.05) is 25.9 Å². The smallest absolute Gasteiger partial charge is 0.254 e. The van der Waals surface area contributed by atoms with Crippen LogP contribution in [-0.4, -0.2) is 36.9 Å². The zero-order chi connectivity index (χ0) is 13.7. The molecule has 0 unspecified atom stereocenters. The molecular formula is C13H19N3O2. The summed E-state index contributed by atoms with van der Waals surface area (Å²) < 4.78 is 0. The molecule has 0 saturated heterocycles. The molecule has 1 rings (SSSR count). The fraction of sp³-hybridized carbons (Fsp3) is 0.385.